The molecule has 0 unspecified atom stereocenters. The van der Waals surface area contributed by atoms with Crippen LogP contribution in [0.1, 0.15) is 18.0 Å². The van der Waals surface area contributed by atoms with Crippen molar-refractivity contribution in [2.75, 3.05) is 37.4 Å². The second-order valence-corrected chi connectivity index (χ2v) is 8.85. The van der Waals surface area contributed by atoms with Crippen molar-refractivity contribution < 1.29 is 14.3 Å². The number of methoxy groups -OCH3 is 1. The zero-order valence-electron chi connectivity index (χ0n) is 19.6. The summed E-state index contributed by atoms with van der Waals surface area (Å²) in [6, 6.07) is 10.2. The van der Waals surface area contributed by atoms with Gasteiger partial charge in [0.15, 0.2) is 0 Å². The SMILES string of the molecule is COc1ccc([C@@H]2CN(CC(=O)Nc3cnn(C)c3)CC[C@H]2NC(=O)Nc2ccc(Cl)cc2)nc1. The molecule has 3 aromatic rings. The van der Waals surface area contributed by atoms with Crippen LogP contribution in [0.3, 0.4) is 0 Å². The zero-order chi connectivity index (χ0) is 24.8. The third kappa shape index (κ3) is 6.71. The number of amides is 3. The van der Waals surface area contributed by atoms with Crippen LogP contribution in [0.5, 0.6) is 5.75 Å². The topological polar surface area (TPSA) is 113 Å². The first kappa shape index (κ1) is 24.5. The average Bonchev–Trinajstić information content (AvgIpc) is 3.25. The van der Waals surface area contributed by atoms with Crippen LogP contribution in [0.15, 0.2) is 55.0 Å². The number of halogens is 1. The van der Waals surface area contributed by atoms with Gasteiger partial charge in [-0.2, -0.15) is 5.10 Å². The van der Waals surface area contributed by atoms with Gasteiger partial charge in [0, 0.05) is 54.7 Å². The molecule has 1 aromatic carbocycles. The fourth-order valence-electron chi connectivity index (χ4n) is 4.13. The summed E-state index contributed by atoms with van der Waals surface area (Å²) in [4.78, 5) is 31.9. The number of ether oxygens (including phenoxy) is 1. The molecule has 0 saturated carbocycles. The van der Waals surface area contributed by atoms with E-state index >= 15 is 0 Å². The number of hydrogen-bond donors (Lipinski definition) is 3. The molecule has 0 radical (unpaired) electrons. The second-order valence-electron chi connectivity index (χ2n) is 8.42. The summed E-state index contributed by atoms with van der Waals surface area (Å²) in [5, 5.41) is 13.5. The molecule has 35 heavy (non-hydrogen) atoms. The van der Waals surface area contributed by atoms with Gasteiger partial charge in [0.1, 0.15) is 5.75 Å². The van der Waals surface area contributed by atoms with Gasteiger partial charge in [0.25, 0.3) is 0 Å². The third-order valence-electron chi connectivity index (χ3n) is 5.85. The van der Waals surface area contributed by atoms with Gasteiger partial charge in [-0.05, 0) is 42.8 Å². The smallest absolute Gasteiger partial charge is 0.319 e. The minimum Gasteiger partial charge on any atom is -0.495 e. The summed E-state index contributed by atoms with van der Waals surface area (Å²) in [7, 11) is 3.38. The van der Waals surface area contributed by atoms with E-state index in [0.717, 1.165) is 5.69 Å². The number of piperidine rings is 1. The maximum Gasteiger partial charge on any atom is 0.319 e. The minimum atomic E-state index is -0.307. The summed E-state index contributed by atoms with van der Waals surface area (Å²) >= 11 is 5.93. The number of urea groups is 1. The Bertz CT molecular complexity index is 1150. The predicted molar refractivity (Wildman–Crippen MR) is 134 cm³/mol. The van der Waals surface area contributed by atoms with Gasteiger partial charge in [-0.3, -0.25) is 19.4 Å². The monoisotopic (exact) mass is 497 g/mol. The van der Waals surface area contributed by atoms with Crippen molar-refractivity contribution in [2.45, 2.75) is 18.4 Å². The number of hydrogen-bond acceptors (Lipinski definition) is 6. The molecule has 1 fully saturated rings. The Kier molecular flexibility index (Phi) is 7.84. The van der Waals surface area contributed by atoms with Gasteiger partial charge in [-0.25, -0.2) is 4.79 Å². The van der Waals surface area contributed by atoms with E-state index in [1.54, 1.807) is 61.7 Å². The van der Waals surface area contributed by atoms with Gasteiger partial charge in [-0.1, -0.05) is 11.6 Å². The van der Waals surface area contributed by atoms with E-state index in [2.05, 4.69) is 30.9 Å². The lowest BCUT2D eigenvalue weighted by Gasteiger charge is -2.38. The lowest BCUT2D eigenvalue weighted by molar-refractivity contribution is -0.117. The van der Waals surface area contributed by atoms with E-state index < -0.39 is 0 Å². The maximum absolute atomic E-state index is 12.7. The molecular formula is C24H28ClN7O3. The Balaban J connectivity index is 1.43. The highest BCUT2D eigenvalue weighted by atomic mass is 35.5. The van der Waals surface area contributed by atoms with Crippen LogP contribution in [-0.2, 0) is 11.8 Å². The number of aryl methyl sites for hydroxylation is 1. The van der Waals surface area contributed by atoms with Crippen molar-refractivity contribution >= 4 is 34.9 Å². The fourth-order valence-corrected chi connectivity index (χ4v) is 4.25. The minimum absolute atomic E-state index is 0.114. The molecule has 0 spiro atoms. The summed E-state index contributed by atoms with van der Waals surface area (Å²) < 4.78 is 6.87. The molecule has 0 bridgehead atoms. The van der Waals surface area contributed by atoms with Crippen LogP contribution in [0, 0.1) is 0 Å². The van der Waals surface area contributed by atoms with Crippen molar-refractivity contribution in [3.8, 4) is 5.75 Å². The lowest BCUT2D eigenvalue weighted by atomic mass is 9.88. The molecular weight excluding hydrogens is 470 g/mol. The Morgan fingerprint density at radius 1 is 1.11 bits per heavy atom. The van der Waals surface area contributed by atoms with Gasteiger partial charge >= 0.3 is 6.03 Å². The molecule has 4 rings (SSSR count). The van der Waals surface area contributed by atoms with E-state index in [-0.39, 0.29) is 30.4 Å². The molecule has 184 valence electrons. The van der Waals surface area contributed by atoms with Crippen molar-refractivity contribution in [1.29, 1.82) is 0 Å². The van der Waals surface area contributed by atoms with Crippen molar-refractivity contribution in [1.82, 2.24) is 25.0 Å². The van der Waals surface area contributed by atoms with Crippen molar-refractivity contribution in [3.63, 3.8) is 0 Å². The molecule has 10 nitrogen and oxygen atoms in total. The van der Waals surface area contributed by atoms with Crippen molar-refractivity contribution in [3.05, 3.63) is 65.7 Å². The van der Waals surface area contributed by atoms with Crippen LogP contribution in [0.4, 0.5) is 16.2 Å². The number of pyridine rings is 1. The third-order valence-corrected chi connectivity index (χ3v) is 6.10. The van der Waals surface area contributed by atoms with Crippen molar-refractivity contribution in [2.24, 2.45) is 7.05 Å². The van der Waals surface area contributed by atoms with Gasteiger partial charge in [0.05, 0.1) is 31.7 Å². The molecule has 1 aliphatic heterocycles. The average molecular weight is 498 g/mol. The number of benzene rings is 1. The highest BCUT2D eigenvalue weighted by Crippen LogP contribution is 2.27. The summed E-state index contributed by atoms with van der Waals surface area (Å²) in [5.41, 5.74) is 2.12. The highest BCUT2D eigenvalue weighted by molar-refractivity contribution is 6.30. The number of carbonyl (C=O) groups excluding carboxylic acids is 2. The first-order valence-corrected chi connectivity index (χ1v) is 11.6. The summed E-state index contributed by atoms with van der Waals surface area (Å²) in [5.74, 6) is 0.422. The second kappa shape index (κ2) is 11.2. The fraction of sp³-hybridized carbons (Fsp3) is 0.333. The Labute approximate surface area is 208 Å². The number of carbonyl (C=O) groups is 2. The van der Waals surface area contributed by atoms with Crippen LogP contribution in [0.25, 0.3) is 0 Å². The molecule has 3 heterocycles. The molecule has 1 saturated heterocycles. The van der Waals surface area contributed by atoms with Gasteiger partial charge in [-0.15, -0.1) is 0 Å². The van der Waals surface area contributed by atoms with E-state index in [9.17, 15) is 9.59 Å². The summed E-state index contributed by atoms with van der Waals surface area (Å²) in [6.07, 6.45) is 5.68. The van der Waals surface area contributed by atoms with E-state index in [1.165, 1.54) is 0 Å². The number of anilines is 2. The maximum atomic E-state index is 12.7. The molecule has 0 aliphatic carbocycles. The molecule has 2 aromatic heterocycles. The Hall–Kier alpha value is -3.63. The van der Waals surface area contributed by atoms with Crippen LogP contribution >= 0.6 is 11.6 Å². The zero-order valence-corrected chi connectivity index (χ0v) is 20.3. The first-order valence-electron chi connectivity index (χ1n) is 11.2. The summed E-state index contributed by atoms with van der Waals surface area (Å²) in [6.45, 7) is 1.44. The number of aromatic nitrogens is 3. The van der Waals surface area contributed by atoms with E-state index in [0.29, 0.717) is 41.7 Å². The van der Waals surface area contributed by atoms with Gasteiger partial charge in [0.2, 0.25) is 5.91 Å². The standard InChI is InChI=1S/C24H28ClN7O3/c1-31-13-18(11-27-31)28-23(33)15-32-10-9-22(20(14-32)21-8-7-19(35-2)12-26-21)30-24(34)29-17-5-3-16(25)4-6-17/h3-8,11-13,20,22H,9-10,14-15H2,1-2H3,(H,28,33)(H2,29,30,34)/t20-,22+/m0/s1. The van der Waals surface area contributed by atoms with Crippen LogP contribution in [-0.4, -0.2) is 64.4 Å². The quantitative estimate of drug-likeness (QED) is 0.462. The largest absolute Gasteiger partial charge is 0.495 e. The van der Waals surface area contributed by atoms with E-state index in [1.807, 2.05) is 12.1 Å². The van der Waals surface area contributed by atoms with Gasteiger partial charge < -0.3 is 20.7 Å². The Morgan fingerprint density at radius 3 is 2.57 bits per heavy atom. The normalized spacial score (nSPS) is 18.0. The van der Waals surface area contributed by atoms with Crippen LogP contribution < -0.4 is 20.7 Å². The molecule has 2 atom stereocenters. The molecule has 11 heteroatoms. The molecule has 3 N–H and O–H groups in total. The number of nitrogens with zero attached hydrogens (tertiary/aromatic N) is 4. The number of nitrogens with one attached hydrogen (secondary N) is 3. The highest BCUT2D eigenvalue weighted by Gasteiger charge is 2.33. The van der Waals surface area contributed by atoms with Crippen LogP contribution in [0.2, 0.25) is 5.02 Å². The first-order chi connectivity index (χ1) is 16.9. The number of likely N-dealkylation sites (tertiary alicyclic amines) is 1. The number of rotatable bonds is 7. The molecule has 3 amide bonds. The lowest BCUT2D eigenvalue weighted by Crippen LogP contribution is -2.52. The Morgan fingerprint density at radius 2 is 1.91 bits per heavy atom. The molecule has 1 aliphatic rings. The van der Waals surface area contributed by atoms with E-state index in [4.69, 9.17) is 16.3 Å². The predicted octanol–water partition coefficient (Wildman–Crippen LogP) is 3.10.